The molecule has 0 N–H and O–H groups in total. The maximum Gasteiger partial charge on any atom is 0.0140 e. The Balaban J connectivity index is 3.70. The second-order valence-corrected chi connectivity index (χ2v) is 3.37. The lowest BCUT2D eigenvalue weighted by Crippen LogP contribution is -2.08. The summed E-state index contributed by atoms with van der Waals surface area (Å²) in [4.78, 5) is 0. The van der Waals surface area contributed by atoms with E-state index < -0.39 is 0 Å². The van der Waals surface area contributed by atoms with Crippen LogP contribution in [0, 0.1) is 24.2 Å². The van der Waals surface area contributed by atoms with Crippen molar-refractivity contribution in [3.8, 4) is 11.8 Å². The van der Waals surface area contributed by atoms with E-state index in [-0.39, 0.29) is 0 Å². The maximum absolute atomic E-state index is 3.83. The van der Waals surface area contributed by atoms with E-state index in [4.69, 9.17) is 0 Å². The van der Waals surface area contributed by atoms with Gasteiger partial charge in [0.25, 0.3) is 0 Å². The average molecular weight is 137 g/mol. The normalized spacial score (nSPS) is 10.4. The van der Waals surface area contributed by atoms with Crippen LogP contribution in [-0.2, 0) is 0 Å². The zero-order valence-electron chi connectivity index (χ0n) is 7.33. The smallest absolute Gasteiger partial charge is 0.0140 e. The third-order valence-corrected chi connectivity index (χ3v) is 1.60. The predicted octanol–water partition coefficient (Wildman–Crippen LogP) is 3.04. The fraction of sp³-hybridized carbons (Fsp3) is 0.700. The highest BCUT2D eigenvalue weighted by atomic mass is 14.2. The van der Waals surface area contributed by atoms with Gasteiger partial charge in [-0.1, -0.05) is 27.2 Å². The lowest BCUT2D eigenvalue weighted by Gasteiger charge is -2.20. The highest BCUT2D eigenvalue weighted by Crippen LogP contribution is 2.25. The summed E-state index contributed by atoms with van der Waals surface area (Å²) >= 11 is 0. The standard InChI is InChI=1S/C10H17/c1-5-7-9-10(3,4)8-6-2/h2,6,8-9H2,1,3-4H3. The van der Waals surface area contributed by atoms with E-state index in [0.29, 0.717) is 5.41 Å². The molecule has 0 aromatic carbocycles. The summed E-state index contributed by atoms with van der Waals surface area (Å²) in [6.07, 6.45) is 3.18. The first-order valence-electron chi connectivity index (χ1n) is 3.81. The summed E-state index contributed by atoms with van der Waals surface area (Å²) in [5.74, 6) is 6.01. The monoisotopic (exact) mass is 137 g/mol. The first-order valence-corrected chi connectivity index (χ1v) is 3.81. The summed E-state index contributed by atoms with van der Waals surface area (Å²) in [6.45, 7) is 10.2. The van der Waals surface area contributed by atoms with Gasteiger partial charge < -0.3 is 0 Å². The van der Waals surface area contributed by atoms with E-state index in [0.717, 1.165) is 12.8 Å². The van der Waals surface area contributed by atoms with Crippen LogP contribution in [0.2, 0.25) is 0 Å². The number of hydrogen-bond donors (Lipinski definition) is 0. The van der Waals surface area contributed by atoms with Crippen molar-refractivity contribution < 1.29 is 0 Å². The van der Waals surface area contributed by atoms with E-state index in [2.05, 4.69) is 32.6 Å². The molecule has 0 spiro atoms. The molecule has 0 aromatic rings. The molecule has 0 aromatic heterocycles. The largest absolute Gasteiger partial charge is 0.107 e. The lowest BCUT2D eigenvalue weighted by molar-refractivity contribution is 0.348. The zero-order chi connectivity index (χ0) is 8.04. The topological polar surface area (TPSA) is 0 Å². The molecule has 0 aliphatic rings. The Morgan fingerprint density at radius 2 is 2.00 bits per heavy atom. The first kappa shape index (κ1) is 9.56. The summed E-state index contributed by atoms with van der Waals surface area (Å²) in [5.41, 5.74) is 0.366. The van der Waals surface area contributed by atoms with Crippen molar-refractivity contribution in [2.45, 2.75) is 40.0 Å². The Kier molecular flexibility index (Phi) is 4.19. The van der Waals surface area contributed by atoms with Crippen LogP contribution in [0.5, 0.6) is 0 Å². The summed E-state index contributed by atoms with van der Waals surface area (Å²) in [7, 11) is 0. The Bertz CT molecular complexity index is 132. The van der Waals surface area contributed by atoms with Crippen molar-refractivity contribution in [2.75, 3.05) is 0 Å². The second kappa shape index (κ2) is 4.39. The van der Waals surface area contributed by atoms with Crippen molar-refractivity contribution in [2.24, 2.45) is 5.41 Å². The molecule has 10 heavy (non-hydrogen) atoms. The lowest BCUT2D eigenvalue weighted by atomic mass is 9.85. The van der Waals surface area contributed by atoms with E-state index in [1.165, 1.54) is 6.42 Å². The van der Waals surface area contributed by atoms with Crippen LogP contribution in [0.4, 0.5) is 0 Å². The van der Waals surface area contributed by atoms with Gasteiger partial charge in [0.1, 0.15) is 0 Å². The summed E-state index contributed by atoms with van der Waals surface area (Å²) < 4.78 is 0. The average Bonchev–Trinajstić information content (AvgIpc) is 1.84. The van der Waals surface area contributed by atoms with Crippen molar-refractivity contribution in [1.82, 2.24) is 0 Å². The van der Waals surface area contributed by atoms with Gasteiger partial charge in [-0.2, -0.15) is 0 Å². The Labute approximate surface area is 65.0 Å². The Morgan fingerprint density at radius 3 is 2.40 bits per heavy atom. The van der Waals surface area contributed by atoms with Crippen LogP contribution >= 0.6 is 0 Å². The molecule has 0 saturated heterocycles. The molecule has 0 rings (SSSR count). The molecular formula is C10H17. The first-order chi connectivity index (χ1) is 4.62. The molecule has 57 valence electrons. The van der Waals surface area contributed by atoms with Crippen molar-refractivity contribution in [3.63, 3.8) is 0 Å². The molecule has 0 atom stereocenters. The molecule has 0 heteroatoms. The molecule has 0 aliphatic carbocycles. The highest BCUT2D eigenvalue weighted by Gasteiger charge is 2.13. The number of rotatable bonds is 3. The van der Waals surface area contributed by atoms with E-state index in [1.54, 1.807) is 0 Å². The van der Waals surface area contributed by atoms with Gasteiger partial charge in [0.15, 0.2) is 0 Å². The zero-order valence-corrected chi connectivity index (χ0v) is 7.33. The van der Waals surface area contributed by atoms with Gasteiger partial charge in [-0.15, -0.1) is 11.8 Å². The molecule has 0 amide bonds. The molecule has 0 saturated carbocycles. The van der Waals surface area contributed by atoms with E-state index >= 15 is 0 Å². The highest BCUT2D eigenvalue weighted by molar-refractivity contribution is 4.98. The van der Waals surface area contributed by atoms with Gasteiger partial charge in [-0.05, 0) is 18.8 Å². The SMILES string of the molecule is [CH2]CCC(C)(C)CC#CC. The van der Waals surface area contributed by atoms with Crippen LogP contribution < -0.4 is 0 Å². The fourth-order valence-electron chi connectivity index (χ4n) is 0.895. The van der Waals surface area contributed by atoms with Crippen molar-refractivity contribution >= 4 is 0 Å². The fourth-order valence-corrected chi connectivity index (χ4v) is 0.895. The van der Waals surface area contributed by atoms with Gasteiger partial charge in [-0.3, -0.25) is 0 Å². The number of hydrogen-bond acceptors (Lipinski definition) is 0. The Morgan fingerprint density at radius 1 is 1.40 bits per heavy atom. The van der Waals surface area contributed by atoms with Crippen LogP contribution in [0.25, 0.3) is 0 Å². The van der Waals surface area contributed by atoms with Gasteiger partial charge in [-0.25, -0.2) is 0 Å². The Hall–Kier alpha value is -0.440. The minimum Gasteiger partial charge on any atom is -0.107 e. The van der Waals surface area contributed by atoms with Crippen LogP contribution in [-0.4, -0.2) is 0 Å². The third kappa shape index (κ3) is 4.44. The van der Waals surface area contributed by atoms with Crippen molar-refractivity contribution in [1.29, 1.82) is 0 Å². The molecule has 0 heterocycles. The minimum absolute atomic E-state index is 0.366. The van der Waals surface area contributed by atoms with E-state index in [9.17, 15) is 0 Å². The summed E-state index contributed by atoms with van der Waals surface area (Å²) in [6, 6.07) is 0. The molecule has 0 nitrogen and oxygen atoms in total. The minimum atomic E-state index is 0.366. The molecule has 0 fully saturated rings. The molecule has 0 aliphatic heterocycles. The van der Waals surface area contributed by atoms with Crippen LogP contribution in [0.15, 0.2) is 0 Å². The third-order valence-electron chi connectivity index (χ3n) is 1.60. The van der Waals surface area contributed by atoms with Crippen LogP contribution in [0.1, 0.15) is 40.0 Å². The molecule has 0 bridgehead atoms. The van der Waals surface area contributed by atoms with Gasteiger partial charge in [0.2, 0.25) is 0 Å². The maximum atomic E-state index is 3.83. The van der Waals surface area contributed by atoms with E-state index in [1.807, 2.05) is 6.92 Å². The van der Waals surface area contributed by atoms with Gasteiger partial charge in [0.05, 0.1) is 0 Å². The molecule has 1 radical (unpaired) electrons. The molecule has 0 unspecified atom stereocenters. The molecular weight excluding hydrogens is 120 g/mol. The van der Waals surface area contributed by atoms with Gasteiger partial charge in [0, 0.05) is 6.42 Å². The van der Waals surface area contributed by atoms with Crippen LogP contribution in [0.3, 0.4) is 0 Å². The van der Waals surface area contributed by atoms with Gasteiger partial charge >= 0.3 is 0 Å². The quantitative estimate of drug-likeness (QED) is 0.524. The second-order valence-electron chi connectivity index (χ2n) is 3.37. The summed E-state index contributed by atoms with van der Waals surface area (Å²) in [5, 5.41) is 0. The van der Waals surface area contributed by atoms with Crippen molar-refractivity contribution in [3.05, 3.63) is 6.92 Å². The predicted molar refractivity (Wildman–Crippen MR) is 46.4 cm³/mol.